The Balaban J connectivity index is 1.88. The molecule has 122 valence electrons. The Morgan fingerprint density at radius 1 is 1.36 bits per heavy atom. The molecule has 1 aliphatic heterocycles. The smallest absolute Gasteiger partial charge is 0.224 e. The second-order valence-electron chi connectivity index (χ2n) is 7.17. The summed E-state index contributed by atoms with van der Waals surface area (Å²) in [5, 5.41) is 12.7. The van der Waals surface area contributed by atoms with Gasteiger partial charge in [0.15, 0.2) is 0 Å². The Morgan fingerprint density at radius 3 is 2.77 bits per heavy atom. The lowest BCUT2D eigenvalue weighted by Gasteiger charge is -2.40. The molecule has 0 bridgehead atoms. The number of phenols is 1. The molecule has 2 N–H and O–H groups in total. The van der Waals surface area contributed by atoms with Crippen molar-refractivity contribution >= 4 is 5.91 Å². The van der Waals surface area contributed by atoms with Gasteiger partial charge in [-0.25, -0.2) is 0 Å². The molecule has 4 nitrogen and oxygen atoms in total. The first kappa shape index (κ1) is 16.8. The van der Waals surface area contributed by atoms with Crippen molar-refractivity contribution in [3.05, 3.63) is 29.8 Å². The number of aromatic hydroxyl groups is 1. The number of ether oxygens (including phenoxy) is 1. The van der Waals surface area contributed by atoms with Crippen LogP contribution >= 0.6 is 0 Å². The molecule has 4 heteroatoms. The standard InChI is InChI=1S/C18H27NO3/c1-18(2,3)17-14(8-6-10-22-17)12-19-16(21)11-13-7-4-5-9-15(13)20/h4-5,7,9,14,17,20H,6,8,10-12H2,1-3H3,(H,19,21)/t14-,17-/m1/s1. The largest absolute Gasteiger partial charge is 0.508 e. The van der Waals surface area contributed by atoms with E-state index < -0.39 is 0 Å². The van der Waals surface area contributed by atoms with Gasteiger partial charge in [-0.3, -0.25) is 4.79 Å². The fraction of sp³-hybridized carbons (Fsp3) is 0.611. The van der Waals surface area contributed by atoms with Crippen LogP contribution in [0.5, 0.6) is 5.75 Å². The first-order chi connectivity index (χ1) is 10.4. The van der Waals surface area contributed by atoms with E-state index >= 15 is 0 Å². The zero-order valence-corrected chi connectivity index (χ0v) is 13.8. The van der Waals surface area contributed by atoms with Gasteiger partial charge in [-0.05, 0) is 24.3 Å². The average molecular weight is 305 g/mol. The molecule has 0 aromatic heterocycles. The van der Waals surface area contributed by atoms with E-state index in [1.165, 1.54) is 0 Å². The van der Waals surface area contributed by atoms with E-state index in [0.29, 0.717) is 18.0 Å². The Morgan fingerprint density at radius 2 is 2.09 bits per heavy atom. The lowest BCUT2D eigenvalue weighted by Crippen LogP contribution is -2.45. The lowest BCUT2D eigenvalue weighted by atomic mass is 9.78. The van der Waals surface area contributed by atoms with Crippen LogP contribution in [-0.4, -0.2) is 30.3 Å². The summed E-state index contributed by atoms with van der Waals surface area (Å²) >= 11 is 0. The van der Waals surface area contributed by atoms with Crippen LogP contribution in [0, 0.1) is 11.3 Å². The van der Waals surface area contributed by atoms with Crippen molar-refractivity contribution in [1.29, 1.82) is 0 Å². The van der Waals surface area contributed by atoms with Gasteiger partial charge in [-0.2, -0.15) is 0 Å². The molecule has 2 atom stereocenters. The first-order valence-electron chi connectivity index (χ1n) is 8.03. The number of rotatable bonds is 4. The highest BCUT2D eigenvalue weighted by Gasteiger charge is 2.35. The number of para-hydroxylation sites is 1. The van der Waals surface area contributed by atoms with Crippen LogP contribution in [0.4, 0.5) is 0 Å². The van der Waals surface area contributed by atoms with Crippen molar-refractivity contribution in [1.82, 2.24) is 5.32 Å². The van der Waals surface area contributed by atoms with Crippen molar-refractivity contribution in [3.63, 3.8) is 0 Å². The number of phenolic OH excluding ortho intramolecular Hbond substituents is 1. The number of hydrogen-bond donors (Lipinski definition) is 2. The van der Waals surface area contributed by atoms with Crippen LogP contribution in [0.15, 0.2) is 24.3 Å². The molecular formula is C18H27NO3. The van der Waals surface area contributed by atoms with Crippen molar-refractivity contribution in [2.45, 2.75) is 46.1 Å². The predicted molar refractivity (Wildman–Crippen MR) is 86.7 cm³/mol. The van der Waals surface area contributed by atoms with E-state index in [1.54, 1.807) is 18.2 Å². The van der Waals surface area contributed by atoms with E-state index in [4.69, 9.17) is 4.74 Å². The molecule has 0 spiro atoms. The molecule has 0 radical (unpaired) electrons. The summed E-state index contributed by atoms with van der Waals surface area (Å²) in [5.41, 5.74) is 0.736. The molecule has 1 aliphatic rings. The first-order valence-corrected chi connectivity index (χ1v) is 8.03. The summed E-state index contributed by atoms with van der Waals surface area (Å²) in [5.74, 6) is 0.466. The highest BCUT2D eigenvalue weighted by atomic mass is 16.5. The molecule has 0 saturated carbocycles. The van der Waals surface area contributed by atoms with Gasteiger partial charge >= 0.3 is 0 Å². The van der Waals surface area contributed by atoms with Gasteiger partial charge in [0.25, 0.3) is 0 Å². The topological polar surface area (TPSA) is 58.6 Å². The van der Waals surface area contributed by atoms with Crippen LogP contribution < -0.4 is 5.32 Å². The van der Waals surface area contributed by atoms with Crippen molar-refractivity contribution in [2.75, 3.05) is 13.2 Å². The fourth-order valence-electron chi connectivity index (χ4n) is 3.15. The Kier molecular flexibility index (Phi) is 5.46. The number of amides is 1. The van der Waals surface area contributed by atoms with Crippen LogP contribution in [0.25, 0.3) is 0 Å². The van der Waals surface area contributed by atoms with Gasteiger partial charge in [0, 0.05) is 24.6 Å². The van der Waals surface area contributed by atoms with Gasteiger partial charge in [0.1, 0.15) is 5.75 Å². The quantitative estimate of drug-likeness (QED) is 0.899. The van der Waals surface area contributed by atoms with Crippen LogP contribution in [0.3, 0.4) is 0 Å². The summed E-state index contributed by atoms with van der Waals surface area (Å²) in [6.07, 6.45) is 2.51. The van der Waals surface area contributed by atoms with E-state index in [9.17, 15) is 9.90 Å². The minimum atomic E-state index is -0.0558. The molecule has 22 heavy (non-hydrogen) atoms. The molecule has 1 amide bonds. The van der Waals surface area contributed by atoms with Gasteiger partial charge in [0.05, 0.1) is 12.5 Å². The van der Waals surface area contributed by atoms with E-state index in [0.717, 1.165) is 19.4 Å². The van der Waals surface area contributed by atoms with E-state index in [1.807, 2.05) is 6.07 Å². The third-order valence-electron chi connectivity index (χ3n) is 4.20. The number of nitrogens with one attached hydrogen (secondary N) is 1. The second kappa shape index (κ2) is 7.14. The van der Waals surface area contributed by atoms with Gasteiger partial charge in [-0.1, -0.05) is 39.0 Å². The van der Waals surface area contributed by atoms with Gasteiger partial charge in [0.2, 0.25) is 5.91 Å². The Labute approximate surface area is 132 Å². The molecule has 1 aromatic carbocycles. The van der Waals surface area contributed by atoms with Crippen LogP contribution in [0.2, 0.25) is 0 Å². The zero-order valence-electron chi connectivity index (χ0n) is 13.8. The van der Waals surface area contributed by atoms with Crippen LogP contribution in [0.1, 0.15) is 39.2 Å². The summed E-state index contributed by atoms with van der Waals surface area (Å²) in [7, 11) is 0. The third kappa shape index (κ3) is 4.47. The minimum Gasteiger partial charge on any atom is -0.508 e. The molecular weight excluding hydrogens is 278 g/mol. The molecule has 0 unspecified atom stereocenters. The van der Waals surface area contributed by atoms with Gasteiger partial charge in [-0.15, -0.1) is 0 Å². The fourth-order valence-corrected chi connectivity index (χ4v) is 3.15. The number of benzene rings is 1. The Hall–Kier alpha value is -1.55. The Bertz CT molecular complexity index is 507. The van der Waals surface area contributed by atoms with Crippen molar-refractivity contribution in [2.24, 2.45) is 11.3 Å². The summed E-state index contributed by atoms with van der Waals surface area (Å²) in [6, 6.07) is 6.96. The summed E-state index contributed by atoms with van der Waals surface area (Å²) < 4.78 is 5.93. The monoisotopic (exact) mass is 305 g/mol. The number of carbonyl (C=O) groups excluding carboxylic acids is 1. The maximum Gasteiger partial charge on any atom is 0.224 e. The molecule has 1 fully saturated rings. The second-order valence-corrected chi connectivity index (χ2v) is 7.17. The molecule has 0 aliphatic carbocycles. The molecule has 1 aromatic rings. The maximum atomic E-state index is 12.1. The lowest BCUT2D eigenvalue weighted by molar-refractivity contribution is -0.122. The summed E-state index contributed by atoms with van der Waals surface area (Å²) in [6.45, 7) is 7.98. The van der Waals surface area contributed by atoms with Crippen molar-refractivity contribution in [3.8, 4) is 5.75 Å². The minimum absolute atomic E-state index is 0.0558. The third-order valence-corrected chi connectivity index (χ3v) is 4.20. The highest BCUT2D eigenvalue weighted by molar-refractivity contribution is 5.79. The van der Waals surface area contributed by atoms with E-state index in [-0.39, 0.29) is 29.6 Å². The molecule has 1 heterocycles. The maximum absolute atomic E-state index is 12.1. The van der Waals surface area contributed by atoms with Crippen LogP contribution in [-0.2, 0) is 16.0 Å². The SMILES string of the molecule is CC(C)(C)[C@@H]1OCCC[C@@H]1CNC(=O)Cc1ccccc1O. The van der Waals surface area contributed by atoms with Crippen molar-refractivity contribution < 1.29 is 14.6 Å². The van der Waals surface area contributed by atoms with Gasteiger partial charge < -0.3 is 15.2 Å². The normalized spacial score (nSPS) is 22.3. The van der Waals surface area contributed by atoms with E-state index in [2.05, 4.69) is 26.1 Å². The predicted octanol–water partition coefficient (Wildman–Crippen LogP) is 2.89. The molecule has 2 rings (SSSR count). The number of carbonyl (C=O) groups is 1. The molecule has 1 saturated heterocycles. The number of hydrogen-bond acceptors (Lipinski definition) is 3. The zero-order chi connectivity index (χ0) is 16.2. The highest BCUT2D eigenvalue weighted by Crippen LogP contribution is 2.33. The average Bonchev–Trinajstić information content (AvgIpc) is 2.47. The summed E-state index contributed by atoms with van der Waals surface area (Å²) in [4.78, 5) is 12.1.